The number of carbonyl (C=O) groups excluding carboxylic acids is 6. The van der Waals surface area contributed by atoms with Gasteiger partial charge in [-0.3, -0.25) is 14.4 Å². The summed E-state index contributed by atoms with van der Waals surface area (Å²) >= 11 is 0. The normalized spacial score (nSPS) is 11.1. The summed E-state index contributed by atoms with van der Waals surface area (Å²) in [6, 6.07) is 4.22. The van der Waals surface area contributed by atoms with Crippen LogP contribution in [0.15, 0.2) is 36.8 Å². The second-order valence-electron chi connectivity index (χ2n) is 13.9. The molecule has 4 rings (SSSR count). The van der Waals surface area contributed by atoms with Crippen LogP contribution in [0, 0.1) is 0 Å². The molecule has 0 bridgehead atoms. The lowest BCUT2D eigenvalue weighted by molar-refractivity contribution is -0.117. The van der Waals surface area contributed by atoms with Gasteiger partial charge in [-0.25, -0.2) is 14.0 Å². The number of ether oxygens (including phenoxy) is 3. The number of carbonyl (C=O) groups is 6. The first-order valence-corrected chi connectivity index (χ1v) is 19.8. The zero-order chi connectivity index (χ0) is 43.1. The Labute approximate surface area is 347 Å². The van der Waals surface area contributed by atoms with Crippen molar-refractivity contribution in [2.24, 2.45) is 0 Å². The van der Waals surface area contributed by atoms with Gasteiger partial charge < -0.3 is 44.5 Å². The second kappa shape index (κ2) is 25.4. The van der Waals surface area contributed by atoms with Crippen LogP contribution in [-0.2, 0) is 67.5 Å². The highest BCUT2D eigenvalue weighted by atomic mass is 16.5. The van der Waals surface area contributed by atoms with Crippen molar-refractivity contribution >= 4 is 35.1 Å². The number of aromatic nitrogens is 9. The maximum Gasteiger partial charge on any atom is 0.251 e. The molecule has 21 nitrogen and oxygen atoms in total. The van der Waals surface area contributed by atoms with E-state index in [0.29, 0.717) is 78.0 Å². The van der Waals surface area contributed by atoms with Crippen LogP contribution in [0.1, 0.15) is 88.2 Å². The third-order valence-corrected chi connectivity index (χ3v) is 8.67. The van der Waals surface area contributed by atoms with Gasteiger partial charge in [0.15, 0.2) is 0 Å². The molecule has 0 aliphatic carbocycles. The van der Waals surface area contributed by atoms with Crippen LogP contribution in [0.2, 0.25) is 0 Å². The highest BCUT2D eigenvalue weighted by Gasteiger charge is 2.17. The fraction of sp³-hybridized carbons (Fsp3) is 0.538. The summed E-state index contributed by atoms with van der Waals surface area (Å²) in [7, 11) is 0. The lowest BCUT2D eigenvalue weighted by atomic mass is 10.0. The minimum Gasteiger partial charge on any atom is -0.378 e. The van der Waals surface area contributed by atoms with Crippen molar-refractivity contribution < 1.29 is 43.0 Å². The largest absolute Gasteiger partial charge is 0.378 e. The van der Waals surface area contributed by atoms with Crippen molar-refractivity contribution in [3.8, 4) is 0 Å². The van der Waals surface area contributed by atoms with Gasteiger partial charge in [-0.1, -0.05) is 15.6 Å². The summed E-state index contributed by atoms with van der Waals surface area (Å²) in [5, 5.41) is 32.5. The Hall–Kier alpha value is -6.06. The number of amides is 3. The molecular weight excluding hydrogens is 781 g/mol. The number of nitrogens with zero attached hydrogens (tertiary/aromatic N) is 9. The summed E-state index contributed by atoms with van der Waals surface area (Å²) in [4.78, 5) is 73.3. The third-order valence-electron chi connectivity index (χ3n) is 8.67. The first-order chi connectivity index (χ1) is 28.9. The van der Waals surface area contributed by atoms with Crippen LogP contribution in [0.25, 0.3) is 0 Å². The molecule has 0 aliphatic rings. The SMILES string of the molecule is CC(=O)CCc1cn(CCOCCNC(=O)c2cc(C(=O)NCCOCCn3cc(CCC(C)=O)nn3)cc(C(=O)NCCOCCn3cc(CCC(C)=O)nn3)c2)nn1. The first-order valence-electron chi connectivity index (χ1n) is 19.8. The Morgan fingerprint density at radius 2 is 0.750 bits per heavy atom. The molecular formula is C39H54N12O9. The first kappa shape index (κ1) is 46.6. The third kappa shape index (κ3) is 17.8. The van der Waals surface area contributed by atoms with E-state index in [1.54, 1.807) is 32.6 Å². The highest BCUT2D eigenvalue weighted by Crippen LogP contribution is 2.12. The summed E-state index contributed by atoms with van der Waals surface area (Å²) in [5.41, 5.74) is 2.47. The molecule has 4 aromatic rings. The van der Waals surface area contributed by atoms with Crippen molar-refractivity contribution in [2.45, 2.75) is 78.9 Å². The summed E-state index contributed by atoms with van der Waals surface area (Å²) in [6.07, 6.45) is 8.05. The van der Waals surface area contributed by atoms with Gasteiger partial charge in [0, 0.05) is 74.2 Å². The molecule has 3 amide bonds. The van der Waals surface area contributed by atoms with Gasteiger partial charge in [-0.15, -0.1) is 15.3 Å². The number of aryl methyl sites for hydroxylation is 3. The van der Waals surface area contributed by atoms with Crippen LogP contribution in [-0.4, -0.2) is 139 Å². The van der Waals surface area contributed by atoms with Crippen LogP contribution >= 0.6 is 0 Å². The minimum absolute atomic E-state index is 0.0811. The molecule has 0 saturated carbocycles. The Balaban J connectivity index is 1.24. The number of hydrogen-bond donors (Lipinski definition) is 3. The van der Waals surface area contributed by atoms with E-state index in [9.17, 15) is 28.8 Å². The van der Waals surface area contributed by atoms with Crippen LogP contribution in [0.3, 0.4) is 0 Å². The maximum absolute atomic E-state index is 13.2. The average Bonchev–Trinajstić information content (AvgIpc) is 4.00. The number of rotatable bonds is 30. The molecule has 0 aliphatic heterocycles. The van der Waals surface area contributed by atoms with Crippen molar-refractivity contribution in [1.29, 1.82) is 0 Å². The van der Waals surface area contributed by atoms with E-state index in [1.807, 2.05) is 0 Å². The monoisotopic (exact) mass is 834 g/mol. The van der Waals surface area contributed by atoms with Gasteiger partial charge >= 0.3 is 0 Å². The molecule has 0 spiro atoms. The molecule has 3 heterocycles. The fourth-order valence-corrected chi connectivity index (χ4v) is 5.42. The van der Waals surface area contributed by atoms with Gasteiger partial charge in [-0.05, 0) is 58.2 Å². The molecule has 1 aromatic carbocycles. The average molecular weight is 835 g/mol. The Kier molecular flexibility index (Phi) is 19.8. The smallest absolute Gasteiger partial charge is 0.251 e. The molecule has 0 radical (unpaired) electrons. The van der Waals surface area contributed by atoms with Crippen molar-refractivity contribution in [3.05, 3.63) is 70.6 Å². The van der Waals surface area contributed by atoms with E-state index in [0.717, 1.165) is 17.1 Å². The van der Waals surface area contributed by atoms with Crippen molar-refractivity contribution in [1.82, 2.24) is 60.9 Å². The Morgan fingerprint density at radius 1 is 0.467 bits per heavy atom. The van der Waals surface area contributed by atoms with Gasteiger partial charge in [0.05, 0.1) is 76.4 Å². The van der Waals surface area contributed by atoms with E-state index >= 15 is 0 Å². The van der Waals surface area contributed by atoms with Gasteiger partial charge in [0.1, 0.15) is 17.3 Å². The standard InChI is InChI=1S/C39H54N12O9/c1-28(52)4-7-34-25-49(46-43-34)13-19-58-16-10-40-37(55)31-22-32(38(56)41-11-17-59-20-14-50-26-35(44-47-50)8-5-29(2)53)24-33(23-31)39(57)42-12-18-60-21-15-51-27-36(45-48-51)9-6-30(3)54/h22-27H,4-21H2,1-3H3,(H,40,55)(H,41,56)(H,42,57). The minimum atomic E-state index is -0.504. The molecule has 0 fully saturated rings. The highest BCUT2D eigenvalue weighted by molar-refractivity contribution is 6.04. The van der Waals surface area contributed by atoms with Crippen LogP contribution in [0.4, 0.5) is 0 Å². The lowest BCUT2D eigenvalue weighted by Crippen LogP contribution is -2.31. The van der Waals surface area contributed by atoms with Crippen molar-refractivity contribution in [2.75, 3.05) is 59.3 Å². The second-order valence-corrected chi connectivity index (χ2v) is 13.9. The van der Waals surface area contributed by atoms with Gasteiger partial charge in [0.2, 0.25) is 0 Å². The Bertz CT molecular complexity index is 1790. The molecule has 60 heavy (non-hydrogen) atoms. The van der Waals surface area contributed by atoms with Crippen molar-refractivity contribution in [3.63, 3.8) is 0 Å². The molecule has 0 saturated heterocycles. The summed E-state index contributed by atoms with van der Waals surface area (Å²) in [6.45, 7) is 7.90. The molecule has 3 aromatic heterocycles. The zero-order valence-electron chi connectivity index (χ0n) is 34.4. The summed E-state index contributed by atoms with van der Waals surface area (Å²) < 4.78 is 21.8. The van der Waals surface area contributed by atoms with Crippen LogP contribution < -0.4 is 16.0 Å². The number of nitrogens with one attached hydrogen (secondary N) is 3. The lowest BCUT2D eigenvalue weighted by Gasteiger charge is -2.12. The predicted molar refractivity (Wildman–Crippen MR) is 213 cm³/mol. The number of hydrogen-bond acceptors (Lipinski definition) is 15. The number of benzene rings is 1. The number of Topliss-reactive ketones (excluding diaryl/α,β-unsaturated/α-hetero) is 3. The number of ketones is 3. The van der Waals surface area contributed by atoms with E-state index < -0.39 is 17.7 Å². The molecule has 324 valence electrons. The predicted octanol–water partition coefficient (Wildman–Crippen LogP) is 0.366. The van der Waals surface area contributed by atoms with E-state index in [1.165, 1.54) is 39.0 Å². The topological polar surface area (TPSA) is 258 Å². The van der Waals surface area contributed by atoms with E-state index in [-0.39, 0.29) is 73.5 Å². The molecule has 0 atom stereocenters. The van der Waals surface area contributed by atoms with E-state index in [4.69, 9.17) is 14.2 Å². The van der Waals surface area contributed by atoms with Gasteiger partial charge in [0.25, 0.3) is 17.7 Å². The van der Waals surface area contributed by atoms with E-state index in [2.05, 4.69) is 46.9 Å². The molecule has 3 N–H and O–H groups in total. The molecule has 21 heteroatoms. The zero-order valence-corrected chi connectivity index (χ0v) is 34.4. The maximum atomic E-state index is 13.2. The molecule has 0 unspecified atom stereocenters. The Morgan fingerprint density at radius 3 is 1.02 bits per heavy atom. The quantitative estimate of drug-likeness (QED) is 0.0600. The fourth-order valence-electron chi connectivity index (χ4n) is 5.42. The van der Waals surface area contributed by atoms with Crippen LogP contribution in [0.5, 0.6) is 0 Å². The van der Waals surface area contributed by atoms with Gasteiger partial charge in [-0.2, -0.15) is 0 Å². The summed E-state index contributed by atoms with van der Waals surface area (Å²) in [5.74, 6) is -1.27.